The van der Waals surface area contributed by atoms with Crippen LogP contribution >= 0.6 is 23.2 Å². The Labute approximate surface area is 298 Å². The molecule has 1 N–H and O–H groups in total. The normalized spacial score (nSPS) is 27.1. The predicted molar refractivity (Wildman–Crippen MR) is 193 cm³/mol. The van der Waals surface area contributed by atoms with Crippen LogP contribution in [0.2, 0.25) is 10.0 Å². The SMILES string of the molecule is C=CC(=O)N1CCC(n2nc(N3CC[C@@H](CN4CCN(C5COC5)C5COCC54)CC3(C)C)c(-c3c(Cl)c(Cl)cc4[nH]ncc34)c2C)CC1. The number of ether oxygens (including phenoxy) is 2. The number of likely N-dealkylation sites (tertiary alicyclic amines) is 1. The van der Waals surface area contributed by atoms with Gasteiger partial charge in [0.25, 0.3) is 0 Å². The zero-order chi connectivity index (χ0) is 34.0. The number of amides is 1. The van der Waals surface area contributed by atoms with Gasteiger partial charge in [-0.25, -0.2) is 0 Å². The van der Waals surface area contributed by atoms with Gasteiger partial charge in [-0.05, 0) is 64.5 Å². The number of anilines is 1. The van der Waals surface area contributed by atoms with Gasteiger partial charge in [0.15, 0.2) is 5.82 Å². The molecule has 7 heterocycles. The van der Waals surface area contributed by atoms with Crippen molar-refractivity contribution in [2.45, 2.75) is 76.2 Å². The summed E-state index contributed by atoms with van der Waals surface area (Å²) in [5.74, 6) is 1.50. The number of carbonyl (C=O) groups excluding carboxylic acids is 1. The number of nitrogens with one attached hydrogen (secondary N) is 1. The van der Waals surface area contributed by atoms with Gasteiger partial charge in [0.1, 0.15) is 0 Å². The fourth-order valence-electron chi connectivity index (χ4n) is 9.36. The van der Waals surface area contributed by atoms with Crippen molar-refractivity contribution in [1.29, 1.82) is 0 Å². The quantitative estimate of drug-likeness (QED) is 0.336. The minimum atomic E-state index is -0.153. The van der Waals surface area contributed by atoms with E-state index < -0.39 is 0 Å². The summed E-state index contributed by atoms with van der Waals surface area (Å²) >= 11 is 13.9. The summed E-state index contributed by atoms with van der Waals surface area (Å²) in [6.07, 6.45) is 7.02. The summed E-state index contributed by atoms with van der Waals surface area (Å²) in [6, 6.07) is 3.47. The first kappa shape index (κ1) is 33.5. The number of H-pyrrole nitrogens is 1. The van der Waals surface area contributed by atoms with Crippen LogP contribution in [0.1, 0.15) is 51.3 Å². The number of carbonyl (C=O) groups is 1. The first-order valence-electron chi connectivity index (χ1n) is 17.9. The highest BCUT2D eigenvalue weighted by Crippen LogP contribution is 2.48. The van der Waals surface area contributed by atoms with E-state index in [0.717, 1.165) is 112 Å². The average molecular weight is 712 g/mol. The van der Waals surface area contributed by atoms with E-state index in [1.54, 1.807) is 0 Å². The Balaban J connectivity index is 1.09. The van der Waals surface area contributed by atoms with Gasteiger partial charge in [-0.3, -0.25) is 24.4 Å². The van der Waals surface area contributed by atoms with Crippen molar-refractivity contribution >= 4 is 45.8 Å². The Hall–Kier alpha value is -2.67. The molecule has 264 valence electrons. The van der Waals surface area contributed by atoms with Crippen molar-refractivity contribution in [1.82, 2.24) is 34.7 Å². The first-order chi connectivity index (χ1) is 23.6. The van der Waals surface area contributed by atoms with Crippen LogP contribution in [-0.2, 0) is 14.3 Å². The number of piperazine rings is 1. The van der Waals surface area contributed by atoms with Crippen LogP contribution < -0.4 is 4.90 Å². The summed E-state index contributed by atoms with van der Waals surface area (Å²) in [7, 11) is 0. The van der Waals surface area contributed by atoms with Crippen molar-refractivity contribution < 1.29 is 14.3 Å². The highest BCUT2D eigenvalue weighted by Gasteiger charge is 2.46. The lowest BCUT2D eigenvalue weighted by atomic mass is 9.81. The first-order valence-corrected chi connectivity index (χ1v) is 18.6. The Kier molecular flexibility index (Phi) is 8.98. The number of fused-ring (bicyclic) bond motifs is 2. The van der Waals surface area contributed by atoms with E-state index in [0.29, 0.717) is 47.2 Å². The van der Waals surface area contributed by atoms with Gasteiger partial charge in [-0.15, -0.1) is 0 Å². The Morgan fingerprint density at radius 2 is 1.78 bits per heavy atom. The molecule has 11 nitrogen and oxygen atoms in total. The number of halogens is 2. The third-order valence-corrected chi connectivity index (χ3v) is 12.8. The molecule has 13 heteroatoms. The molecule has 5 fully saturated rings. The molecule has 0 radical (unpaired) electrons. The minimum Gasteiger partial charge on any atom is -0.378 e. The molecule has 0 bridgehead atoms. The molecule has 8 rings (SSSR count). The molecule has 0 aliphatic carbocycles. The molecule has 3 atom stereocenters. The van der Waals surface area contributed by atoms with Crippen molar-refractivity contribution in [3.8, 4) is 11.1 Å². The second-order valence-electron chi connectivity index (χ2n) is 15.3. The predicted octanol–water partition coefficient (Wildman–Crippen LogP) is 5.17. The molecule has 2 unspecified atom stereocenters. The maximum absolute atomic E-state index is 12.4. The van der Waals surface area contributed by atoms with Crippen LogP contribution in [0.4, 0.5) is 5.82 Å². The van der Waals surface area contributed by atoms with Gasteiger partial charge >= 0.3 is 0 Å². The molecule has 1 amide bonds. The van der Waals surface area contributed by atoms with Crippen LogP contribution in [0, 0.1) is 12.8 Å². The molecule has 2 aromatic heterocycles. The lowest BCUT2D eigenvalue weighted by molar-refractivity contribution is -0.127. The molecule has 49 heavy (non-hydrogen) atoms. The fraction of sp³-hybridized carbons (Fsp3) is 0.639. The molecule has 1 aromatic carbocycles. The second kappa shape index (κ2) is 13.1. The summed E-state index contributed by atoms with van der Waals surface area (Å²) in [5, 5.41) is 14.8. The van der Waals surface area contributed by atoms with E-state index in [4.69, 9.17) is 37.8 Å². The summed E-state index contributed by atoms with van der Waals surface area (Å²) in [5.41, 5.74) is 3.62. The largest absolute Gasteiger partial charge is 0.378 e. The van der Waals surface area contributed by atoms with Crippen LogP contribution in [0.15, 0.2) is 24.9 Å². The Morgan fingerprint density at radius 1 is 1.02 bits per heavy atom. The monoisotopic (exact) mass is 710 g/mol. The lowest BCUT2D eigenvalue weighted by Crippen LogP contribution is -2.65. The van der Waals surface area contributed by atoms with E-state index in [2.05, 4.69) is 56.9 Å². The highest BCUT2D eigenvalue weighted by atomic mass is 35.5. The van der Waals surface area contributed by atoms with Crippen LogP contribution in [0.5, 0.6) is 0 Å². The van der Waals surface area contributed by atoms with E-state index in [-0.39, 0.29) is 17.5 Å². The van der Waals surface area contributed by atoms with Crippen LogP contribution in [-0.4, -0.2) is 130 Å². The van der Waals surface area contributed by atoms with Crippen molar-refractivity contribution in [2.75, 3.05) is 70.6 Å². The van der Waals surface area contributed by atoms with E-state index in [9.17, 15) is 4.79 Å². The highest BCUT2D eigenvalue weighted by molar-refractivity contribution is 6.45. The number of aromatic nitrogens is 4. The molecule has 3 aromatic rings. The van der Waals surface area contributed by atoms with Gasteiger partial charge < -0.3 is 19.3 Å². The second-order valence-corrected chi connectivity index (χ2v) is 16.1. The maximum Gasteiger partial charge on any atom is 0.245 e. The van der Waals surface area contributed by atoms with Crippen molar-refractivity contribution in [3.05, 3.63) is 40.7 Å². The minimum absolute atomic E-state index is 0.0134. The molecular weight excluding hydrogens is 663 g/mol. The summed E-state index contributed by atoms with van der Waals surface area (Å²) in [4.78, 5) is 22.1. The summed E-state index contributed by atoms with van der Waals surface area (Å²) in [6.45, 7) is 19.4. The van der Waals surface area contributed by atoms with E-state index >= 15 is 0 Å². The number of hydrogen-bond donors (Lipinski definition) is 1. The third kappa shape index (κ3) is 5.88. The van der Waals surface area contributed by atoms with Crippen LogP contribution in [0.3, 0.4) is 0 Å². The molecule has 5 aliphatic rings. The Morgan fingerprint density at radius 3 is 2.49 bits per heavy atom. The number of hydrogen-bond acceptors (Lipinski definition) is 8. The van der Waals surface area contributed by atoms with Gasteiger partial charge in [0, 0.05) is 67.0 Å². The zero-order valence-electron chi connectivity index (χ0n) is 28.8. The molecule has 0 spiro atoms. The smallest absolute Gasteiger partial charge is 0.245 e. The number of nitrogens with zero attached hydrogens (tertiary/aromatic N) is 7. The topological polar surface area (TPSA) is 95.0 Å². The number of benzene rings is 1. The third-order valence-electron chi connectivity index (χ3n) is 12.0. The van der Waals surface area contributed by atoms with Gasteiger partial charge in [-0.2, -0.15) is 10.2 Å². The van der Waals surface area contributed by atoms with Gasteiger partial charge in [0.2, 0.25) is 5.91 Å². The number of rotatable bonds is 7. The van der Waals surface area contributed by atoms with E-state index in [1.165, 1.54) is 6.08 Å². The van der Waals surface area contributed by atoms with Crippen molar-refractivity contribution in [2.24, 2.45) is 5.92 Å². The fourth-order valence-corrected chi connectivity index (χ4v) is 9.81. The van der Waals surface area contributed by atoms with Gasteiger partial charge in [-0.1, -0.05) is 29.8 Å². The van der Waals surface area contributed by atoms with E-state index in [1.807, 2.05) is 17.2 Å². The zero-order valence-corrected chi connectivity index (χ0v) is 30.3. The molecule has 5 saturated heterocycles. The molecule has 0 saturated carbocycles. The molecular formula is C36H48Cl2N8O3. The molecule has 5 aliphatic heterocycles. The lowest BCUT2D eigenvalue weighted by Gasteiger charge is -2.51. The van der Waals surface area contributed by atoms with Crippen LogP contribution in [0.25, 0.3) is 22.0 Å². The average Bonchev–Trinajstić information content (AvgIpc) is 3.81. The standard InChI is InChI=1S/C36H48Cl2N8O3/c1-5-31(47)42-9-7-24(8-10-42)46-22(2)32(33-26-16-39-40-28(26)14-27(37)34(33)38)35(41-46)45-11-6-23(15-36(45,3)4)17-43-12-13-44(25-18-48-19-25)30-21-49-20-29(30)43/h5,14,16,23-25,29-30H,1,6-13,15,17-21H2,2-4H3,(H,39,40)/t23-,29?,30?/m1/s1. The van der Waals surface area contributed by atoms with Gasteiger partial charge in [0.05, 0.1) is 72.4 Å². The number of piperidine rings is 2. The van der Waals surface area contributed by atoms with Crippen molar-refractivity contribution in [3.63, 3.8) is 0 Å². The Bertz CT molecular complexity index is 1730. The number of aromatic amines is 1. The maximum atomic E-state index is 12.4. The summed E-state index contributed by atoms with van der Waals surface area (Å²) < 4.78 is 13.8.